The summed E-state index contributed by atoms with van der Waals surface area (Å²) in [7, 11) is 0. The Balaban J connectivity index is 1.24. The van der Waals surface area contributed by atoms with Crippen molar-refractivity contribution >= 4 is 62.5 Å². The molecule has 0 spiro atoms. The van der Waals surface area contributed by atoms with Crippen molar-refractivity contribution in [1.82, 2.24) is 4.98 Å². The highest BCUT2D eigenvalue weighted by Crippen LogP contribution is 2.38. The first-order valence-electron chi connectivity index (χ1n) is 14.1. The number of nitrogens with one attached hydrogen (secondary N) is 2. The lowest BCUT2D eigenvalue weighted by Gasteiger charge is -2.17. The first-order chi connectivity index (χ1) is 21.9. The number of aromatic carboxylic acids is 1. The molecule has 2 amide bonds. The van der Waals surface area contributed by atoms with Gasteiger partial charge < -0.3 is 15.7 Å². The minimum Gasteiger partial charge on any atom is -0.478 e. The first-order valence-corrected chi connectivity index (χ1v) is 15.8. The van der Waals surface area contributed by atoms with Crippen molar-refractivity contribution in [2.24, 2.45) is 0 Å². The Bertz CT molecular complexity index is 2020. The van der Waals surface area contributed by atoms with E-state index >= 15 is 0 Å². The number of aryl methyl sites for hydroxylation is 1. The van der Waals surface area contributed by atoms with Gasteiger partial charge in [0, 0.05) is 32.0 Å². The van der Waals surface area contributed by atoms with Gasteiger partial charge in [0.15, 0.2) is 5.13 Å². The number of hydrogen-bond acceptors (Lipinski definition) is 6. The van der Waals surface area contributed by atoms with Crippen LogP contribution in [-0.4, -0.2) is 27.9 Å². The van der Waals surface area contributed by atoms with Crippen LogP contribution in [0.2, 0.25) is 0 Å². The van der Waals surface area contributed by atoms with E-state index in [2.05, 4.69) is 10.6 Å². The van der Waals surface area contributed by atoms with Gasteiger partial charge in [0.1, 0.15) is 5.25 Å². The van der Waals surface area contributed by atoms with Crippen LogP contribution in [0.4, 0.5) is 10.8 Å². The fourth-order valence-electron chi connectivity index (χ4n) is 5.08. The lowest BCUT2D eigenvalue weighted by Crippen LogP contribution is -2.19. The number of hydrogen-bond donors (Lipinski definition) is 3. The molecule has 222 valence electrons. The van der Waals surface area contributed by atoms with E-state index in [1.807, 2.05) is 73.7 Å². The highest BCUT2D eigenvalue weighted by Gasteiger charge is 2.24. The third kappa shape index (κ3) is 6.64. The maximum Gasteiger partial charge on any atom is 0.336 e. The van der Waals surface area contributed by atoms with Crippen molar-refractivity contribution in [2.75, 3.05) is 10.6 Å². The summed E-state index contributed by atoms with van der Waals surface area (Å²) in [6.45, 7) is 1.99. The summed E-state index contributed by atoms with van der Waals surface area (Å²) in [6.07, 6.45) is 0. The second-order valence-corrected chi connectivity index (χ2v) is 12.6. The Kier molecular flexibility index (Phi) is 8.72. The SMILES string of the molecule is Cc1sc(NC(=O)C(Sc2cccc(NC(=O)c3cccc4cccc(C(=O)O)c34)c2)c2ccccc2)nc1-c1ccccc1. The maximum absolute atomic E-state index is 13.8. The Morgan fingerprint density at radius 1 is 0.778 bits per heavy atom. The zero-order chi connectivity index (χ0) is 31.3. The highest BCUT2D eigenvalue weighted by atomic mass is 32.2. The van der Waals surface area contributed by atoms with Crippen molar-refractivity contribution in [3.05, 3.63) is 143 Å². The quantitative estimate of drug-likeness (QED) is 0.138. The van der Waals surface area contributed by atoms with Crippen LogP contribution in [0.15, 0.2) is 126 Å². The van der Waals surface area contributed by atoms with E-state index in [4.69, 9.17) is 4.98 Å². The van der Waals surface area contributed by atoms with Gasteiger partial charge in [0.05, 0.1) is 11.3 Å². The van der Waals surface area contributed by atoms with Crippen molar-refractivity contribution < 1.29 is 19.5 Å². The highest BCUT2D eigenvalue weighted by molar-refractivity contribution is 8.00. The number of carbonyl (C=O) groups is 3. The maximum atomic E-state index is 13.8. The molecule has 1 unspecified atom stereocenters. The molecule has 1 atom stereocenters. The van der Waals surface area contributed by atoms with Crippen LogP contribution >= 0.6 is 23.1 Å². The molecule has 0 aliphatic rings. The van der Waals surface area contributed by atoms with Crippen LogP contribution < -0.4 is 10.6 Å². The average molecular weight is 630 g/mol. The summed E-state index contributed by atoms with van der Waals surface area (Å²) < 4.78 is 0. The summed E-state index contributed by atoms with van der Waals surface area (Å²) in [5.41, 5.74) is 3.49. The average Bonchev–Trinajstić information content (AvgIpc) is 3.43. The Hall–Kier alpha value is -5.25. The topological polar surface area (TPSA) is 108 Å². The largest absolute Gasteiger partial charge is 0.478 e. The van der Waals surface area contributed by atoms with E-state index in [0.29, 0.717) is 21.6 Å². The van der Waals surface area contributed by atoms with E-state index in [1.54, 1.807) is 48.5 Å². The standard InChI is InChI=1S/C36H27N3O4S2/c1-22-31(24-11-4-2-5-12-24)38-36(44-22)39-34(41)32(25-13-6-3-7-14-25)45-27-18-10-17-26(21-27)37-33(40)28-19-8-15-23-16-9-20-29(30(23)28)35(42)43/h2-21,32H,1H3,(H,37,40)(H,42,43)(H,38,39,41). The lowest BCUT2D eigenvalue weighted by atomic mass is 9.98. The van der Waals surface area contributed by atoms with Gasteiger partial charge >= 0.3 is 5.97 Å². The second-order valence-electron chi connectivity index (χ2n) is 10.2. The predicted molar refractivity (Wildman–Crippen MR) is 181 cm³/mol. The van der Waals surface area contributed by atoms with E-state index in [9.17, 15) is 19.5 Å². The summed E-state index contributed by atoms with van der Waals surface area (Å²) >= 11 is 2.79. The summed E-state index contributed by atoms with van der Waals surface area (Å²) in [5.74, 6) is -1.75. The molecule has 0 saturated heterocycles. The zero-order valence-corrected chi connectivity index (χ0v) is 25.7. The predicted octanol–water partition coefficient (Wildman–Crippen LogP) is 8.69. The number of nitrogens with zero attached hydrogens (tertiary/aromatic N) is 1. The first kappa shape index (κ1) is 29.8. The fraction of sp³-hybridized carbons (Fsp3) is 0.0556. The molecule has 0 bridgehead atoms. The van der Waals surface area contributed by atoms with Gasteiger partial charge in [-0.05, 0) is 48.2 Å². The molecule has 6 aromatic rings. The molecular weight excluding hydrogens is 603 g/mol. The van der Waals surface area contributed by atoms with E-state index in [1.165, 1.54) is 29.2 Å². The fourth-order valence-corrected chi connectivity index (χ4v) is 7.00. The Morgan fingerprint density at radius 2 is 1.44 bits per heavy atom. The molecule has 7 nitrogen and oxygen atoms in total. The van der Waals surface area contributed by atoms with Crippen LogP contribution in [0.5, 0.6) is 0 Å². The molecule has 1 aromatic heterocycles. The van der Waals surface area contributed by atoms with Gasteiger partial charge in [-0.1, -0.05) is 91.0 Å². The number of thiazole rings is 1. The number of carbonyl (C=O) groups excluding carboxylic acids is 2. The van der Waals surface area contributed by atoms with Gasteiger partial charge in [-0.3, -0.25) is 9.59 Å². The minimum atomic E-state index is -1.10. The second kappa shape index (κ2) is 13.2. The number of aromatic nitrogens is 1. The van der Waals surface area contributed by atoms with Gasteiger partial charge in [-0.2, -0.15) is 0 Å². The summed E-state index contributed by atoms with van der Waals surface area (Å²) in [6, 6.07) is 36.6. The minimum absolute atomic E-state index is 0.0607. The number of anilines is 2. The Labute approximate surface area is 268 Å². The molecule has 45 heavy (non-hydrogen) atoms. The molecule has 3 N–H and O–H groups in total. The van der Waals surface area contributed by atoms with E-state index in [0.717, 1.165) is 26.6 Å². The summed E-state index contributed by atoms with van der Waals surface area (Å²) in [4.78, 5) is 45.5. The number of carboxylic acids is 1. The third-order valence-corrected chi connectivity index (χ3v) is 9.27. The van der Waals surface area contributed by atoms with Crippen molar-refractivity contribution in [2.45, 2.75) is 17.1 Å². The van der Waals surface area contributed by atoms with Crippen molar-refractivity contribution in [3.63, 3.8) is 0 Å². The lowest BCUT2D eigenvalue weighted by molar-refractivity contribution is -0.115. The normalized spacial score (nSPS) is 11.6. The van der Waals surface area contributed by atoms with Crippen LogP contribution in [0.3, 0.4) is 0 Å². The number of fused-ring (bicyclic) bond motifs is 1. The molecule has 0 fully saturated rings. The number of amides is 2. The summed E-state index contributed by atoms with van der Waals surface area (Å²) in [5, 5.41) is 16.6. The molecule has 5 aromatic carbocycles. The van der Waals surface area contributed by atoms with Crippen molar-refractivity contribution in [3.8, 4) is 11.3 Å². The van der Waals surface area contributed by atoms with Crippen LogP contribution in [0.25, 0.3) is 22.0 Å². The molecule has 0 radical (unpaired) electrons. The number of rotatable bonds is 9. The van der Waals surface area contributed by atoms with E-state index in [-0.39, 0.29) is 17.0 Å². The molecule has 0 aliphatic heterocycles. The van der Waals surface area contributed by atoms with Gasteiger partial charge in [0.2, 0.25) is 5.91 Å². The molecule has 9 heteroatoms. The van der Waals surface area contributed by atoms with Crippen molar-refractivity contribution in [1.29, 1.82) is 0 Å². The van der Waals surface area contributed by atoms with Gasteiger partial charge in [0.25, 0.3) is 5.91 Å². The molecule has 0 aliphatic carbocycles. The molecular formula is C36H27N3O4S2. The van der Waals surface area contributed by atoms with Gasteiger partial charge in [-0.15, -0.1) is 23.1 Å². The number of thioether (sulfide) groups is 1. The third-order valence-electron chi connectivity index (χ3n) is 7.14. The van der Waals surface area contributed by atoms with Crippen LogP contribution in [0, 0.1) is 6.92 Å². The van der Waals surface area contributed by atoms with Crippen LogP contribution in [0.1, 0.15) is 36.4 Å². The Morgan fingerprint density at radius 3 is 2.16 bits per heavy atom. The molecule has 1 heterocycles. The molecule has 0 saturated carbocycles. The number of benzene rings is 5. The monoisotopic (exact) mass is 629 g/mol. The zero-order valence-electron chi connectivity index (χ0n) is 24.1. The van der Waals surface area contributed by atoms with E-state index < -0.39 is 17.1 Å². The number of carboxylic acid groups (broad SMARTS) is 1. The molecule has 6 rings (SSSR count). The smallest absolute Gasteiger partial charge is 0.336 e. The van der Waals surface area contributed by atoms with Crippen LogP contribution in [-0.2, 0) is 4.79 Å². The van der Waals surface area contributed by atoms with Gasteiger partial charge in [-0.25, -0.2) is 9.78 Å².